The van der Waals surface area contributed by atoms with Crippen LogP contribution in [0.1, 0.15) is 28.9 Å². The Hall–Kier alpha value is -2.07. The molecule has 3 N–H and O–H groups in total. The van der Waals surface area contributed by atoms with Gasteiger partial charge in [0.05, 0.1) is 6.20 Å². The molecule has 0 radical (unpaired) electrons. The van der Waals surface area contributed by atoms with Gasteiger partial charge in [0.1, 0.15) is 0 Å². The summed E-state index contributed by atoms with van der Waals surface area (Å²) in [5.41, 5.74) is 6.50. The molecule has 3 aromatic rings. The SMILES string of the molecule is Cc1cccc2[nH]c(CNC3CCc4[nH]ncc4C3)cc12. The van der Waals surface area contributed by atoms with Crippen LogP contribution in [0.25, 0.3) is 10.9 Å². The summed E-state index contributed by atoms with van der Waals surface area (Å²) in [5, 5.41) is 12.2. The lowest BCUT2D eigenvalue weighted by Crippen LogP contribution is -2.33. The van der Waals surface area contributed by atoms with E-state index in [1.807, 2.05) is 6.20 Å². The van der Waals surface area contributed by atoms with Crippen LogP contribution in [0.15, 0.2) is 30.5 Å². The highest BCUT2D eigenvalue weighted by atomic mass is 15.1. The van der Waals surface area contributed by atoms with Crippen LogP contribution in [0.2, 0.25) is 0 Å². The van der Waals surface area contributed by atoms with Gasteiger partial charge in [0, 0.05) is 34.9 Å². The van der Waals surface area contributed by atoms with Crippen molar-refractivity contribution in [3.8, 4) is 0 Å². The zero-order valence-corrected chi connectivity index (χ0v) is 12.2. The zero-order valence-electron chi connectivity index (χ0n) is 12.2. The van der Waals surface area contributed by atoms with Gasteiger partial charge in [0.2, 0.25) is 0 Å². The molecule has 0 amide bonds. The van der Waals surface area contributed by atoms with Crippen LogP contribution in [-0.4, -0.2) is 21.2 Å². The number of aryl methyl sites for hydroxylation is 2. The zero-order chi connectivity index (χ0) is 14.2. The summed E-state index contributed by atoms with van der Waals surface area (Å²) in [6.07, 6.45) is 5.31. The first kappa shape index (κ1) is 12.7. The van der Waals surface area contributed by atoms with E-state index in [1.54, 1.807) is 0 Å². The molecule has 0 bridgehead atoms. The lowest BCUT2D eigenvalue weighted by atomic mass is 9.93. The second-order valence-electron chi connectivity index (χ2n) is 6.03. The molecule has 1 aliphatic rings. The van der Waals surface area contributed by atoms with Crippen molar-refractivity contribution in [1.82, 2.24) is 20.5 Å². The van der Waals surface area contributed by atoms with Crippen molar-refractivity contribution in [2.45, 2.75) is 38.8 Å². The average molecular weight is 280 g/mol. The van der Waals surface area contributed by atoms with Crippen LogP contribution in [0.5, 0.6) is 0 Å². The molecule has 2 aromatic heterocycles. The Labute approximate surface area is 124 Å². The Morgan fingerprint density at radius 1 is 1.38 bits per heavy atom. The van der Waals surface area contributed by atoms with Crippen LogP contribution >= 0.6 is 0 Å². The Bertz CT molecular complexity index is 768. The number of aromatic amines is 2. The summed E-state index contributed by atoms with van der Waals surface area (Å²) in [4.78, 5) is 3.51. The first-order chi connectivity index (χ1) is 10.3. The molecule has 108 valence electrons. The normalized spacial score (nSPS) is 18.0. The van der Waals surface area contributed by atoms with Gasteiger partial charge in [-0.2, -0.15) is 5.10 Å². The quantitative estimate of drug-likeness (QED) is 0.691. The minimum Gasteiger partial charge on any atom is -0.357 e. The fourth-order valence-electron chi connectivity index (χ4n) is 3.30. The van der Waals surface area contributed by atoms with Gasteiger partial charge < -0.3 is 10.3 Å². The number of rotatable bonds is 3. The first-order valence-corrected chi connectivity index (χ1v) is 7.61. The lowest BCUT2D eigenvalue weighted by Gasteiger charge is -2.22. The summed E-state index contributed by atoms with van der Waals surface area (Å²) < 4.78 is 0. The van der Waals surface area contributed by atoms with Crippen molar-refractivity contribution in [3.05, 3.63) is 53.0 Å². The van der Waals surface area contributed by atoms with Gasteiger partial charge in [0.15, 0.2) is 0 Å². The molecule has 4 heteroatoms. The molecule has 1 aromatic carbocycles. The minimum absolute atomic E-state index is 0.544. The highest BCUT2D eigenvalue weighted by Crippen LogP contribution is 2.21. The van der Waals surface area contributed by atoms with Crippen LogP contribution in [-0.2, 0) is 19.4 Å². The van der Waals surface area contributed by atoms with E-state index in [1.165, 1.54) is 39.8 Å². The molecule has 1 aliphatic carbocycles. The molecule has 4 rings (SSSR count). The van der Waals surface area contributed by atoms with Gasteiger partial charge in [-0.3, -0.25) is 5.10 Å². The summed E-state index contributed by atoms with van der Waals surface area (Å²) in [5.74, 6) is 0. The van der Waals surface area contributed by atoms with E-state index in [9.17, 15) is 0 Å². The first-order valence-electron chi connectivity index (χ1n) is 7.61. The molecule has 1 unspecified atom stereocenters. The molecule has 4 nitrogen and oxygen atoms in total. The highest BCUT2D eigenvalue weighted by molar-refractivity contribution is 5.83. The number of nitrogens with zero attached hydrogens (tertiary/aromatic N) is 1. The molecule has 0 spiro atoms. The lowest BCUT2D eigenvalue weighted by molar-refractivity contribution is 0.453. The molecular weight excluding hydrogens is 260 g/mol. The molecule has 2 heterocycles. The van der Waals surface area contributed by atoms with Gasteiger partial charge in [-0.1, -0.05) is 12.1 Å². The minimum atomic E-state index is 0.544. The number of nitrogens with one attached hydrogen (secondary N) is 3. The van der Waals surface area contributed by atoms with Crippen molar-refractivity contribution < 1.29 is 0 Å². The molecular formula is C17H20N4. The third-order valence-corrected chi connectivity index (χ3v) is 4.54. The van der Waals surface area contributed by atoms with Crippen LogP contribution in [0.3, 0.4) is 0 Å². The van der Waals surface area contributed by atoms with Crippen LogP contribution < -0.4 is 5.32 Å². The van der Waals surface area contributed by atoms with E-state index < -0.39 is 0 Å². The second kappa shape index (κ2) is 5.04. The van der Waals surface area contributed by atoms with Crippen molar-refractivity contribution in [2.24, 2.45) is 0 Å². The monoisotopic (exact) mass is 280 g/mol. The van der Waals surface area contributed by atoms with Crippen LogP contribution in [0, 0.1) is 6.92 Å². The summed E-state index contributed by atoms with van der Waals surface area (Å²) in [7, 11) is 0. The van der Waals surface area contributed by atoms with E-state index in [0.29, 0.717) is 6.04 Å². The Kier molecular flexibility index (Phi) is 3.04. The standard InChI is InChI=1S/C17H20N4/c1-11-3-2-4-17-15(11)8-14(20-17)10-18-13-5-6-16-12(7-13)9-19-21-16/h2-4,8-9,13,18,20H,5-7,10H2,1H3,(H,19,21). The highest BCUT2D eigenvalue weighted by Gasteiger charge is 2.19. The van der Waals surface area contributed by atoms with Crippen molar-refractivity contribution in [3.63, 3.8) is 0 Å². The van der Waals surface area contributed by atoms with Gasteiger partial charge in [0.25, 0.3) is 0 Å². The summed E-state index contributed by atoms with van der Waals surface area (Å²) in [6.45, 7) is 3.06. The summed E-state index contributed by atoms with van der Waals surface area (Å²) >= 11 is 0. The largest absolute Gasteiger partial charge is 0.357 e. The number of fused-ring (bicyclic) bond motifs is 2. The predicted molar refractivity (Wildman–Crippen MR) is 84.3 cm³/mol. The predicted octanol–water partition coefficient (Wildman–Crippen LogP) is 2.85. The van der Waals surface area contributed by atoms with E-state index in [0.717, 1.165) is 19.4 Å². The average Bonchev–Trinajstić information content (AvgIpc) is 3.11. The van der Waals surface area contributed by atoms with Crippen molar-refractivity contribution >= 4 is 10.9 Å². The Morgan fingerprint density at radius 3 is 3.24 bits per heavy atom. The number of hydrogen-bond donors (Lipinski definition) is 3. The molecule has 1 atom stereocenters. The van der Waals surface area contributed by atoms with Gasteiger partial charge in [-0.05, 0) is 49.4 Å². The molecule has 0 fully saturated rings. The fourth-order valence-corrected chi connectivity index (χ4v) is 3.30. The summed E-state index contributed by atoms with van der Waals surface area (Å²) in [6, 6.07) is 9.22. The van der Waals surface area contributed by atoms with E-state index in [2.05, 4.69) is 51.7 Å². The molecule has 21 heavy (non-hydrogen) atoms. The van der Waals surface area contributed by atoms with Gasteiger partial charge >= 0.3 is 0 Å². The van der Waals surface area contributed by atoms with Crippen molar-refractivity contribution in [1.29, 1.82) is 0 Å². The third-order valence-electron chi connectivity index (χ3n) is 4.54. The maximum atomic E-state index is 4.14. The number of H-pyrrole nitrogens is 2. The van der Waals surface area contributed by atoms with E-state index in [4.69, 9.17) is 0 Å². The van der Waals surface area contributed by atoms with Gasteiger partial charge in [-0.15, -0.1) is 0 Å². The number of aromatic nitrogens is 3. The molecule has 0 saturated heterocycles. The Morgan fingerprint density at radius 2 is 2.33 bits per heavy atom. The maximum Gasteiger partial charge on any atom is 0.0522 e. The van der Waals surface area contributed by atoms with Crippen molar-refractivity contribution in [2.75, 3.05) is 0 Å². The topological polar surface area (TPSA) is 56.5 Å². The van der Waals surface area contributed by atoms with E-state index in [-0.39, 0.29) is 0 Å². The Balaban J connectivity index is 1.45. The fraction of sp³-hybridized carbons (Fsp3) is 0.353. The smallest absolute Gasteiger partial charge is 0.0522 e. The molecule has 0 aliphatic heterocycles. The van der Waals surface area contributed by atoms with Crippen LogP contribution in [0.4, 0.5) is 0 Å². The number of hydrogen-bond acceptors (Lipinski definition) is 2. The molecule has 0 saturated carbocycles. The maximum absolute atomic E-state index is 4.14. The third kappa shape index (κ3) is 2.36. The van der Waals surface area contributed by atoms with Gasteiger partial charge in [-0.25, -0.2) is 0 Å². The van der Waals surface area contributed by atoms with E-state index >= 15 is 0 Å². The second-order valence-corrected chi connectivity index (χ2v) is 6.03. The number of benzene rings is 1.